The number of benzene rings is 1. The highest BCUT2D eigenvalue weighted by atomic mass is 32.1. The Balaban J connectivity index is 1.87. The van der Waals surface area contributed by atoms with E-state index < -0.39 is 0 Å². The molecule has 0 atom stereocenters. The molecule has 2 heterocycles. The molecule has 0 aliphatic heterocycles. The van der Waals surface area contributed by atoms with E-state index >= 15 is 0 Å². The molecule has 1 aromatic carbocycles. The summed E-state index contributed by atoms with van der Waals surface area (Å²) in [6.45, 7) is 5.87. The van der Waals surface area contributed by atoms with E-state index in [0.29, 0.717) is 4.88 Å². The van der Waals surface area contributed by atoms with Crippen LogP contribution in [0, 0.1) is 20.8 Å². The molecule has 0 fully saturated rings. The molecule has 0 saturated heterocycles. The van der Waals surface area contributed by atoms with Crippen LogP contribution in [-0.4, -0.2) is 15.9 Å². The summed E-state index contributed by atoms with van der Waals surface area (Å²) < 4.78 is 0. The van der Waals surface area contributed by atoms with Crippen LogP contribution in [0.15, 0.2) is 42.6 Å². The van der Waals surface area contributed by atoms with Crippen molar-refractivity contribution in [1.29, 1.82) is 0 Å². The fourth-order valence-electron chi connectivity index (χ4n) is 2.44. The fraction of sp³-hybridized carbons (Fsp3) is 0.167. The zero-order valence-electron chi connectivity index (χ0n) is 13.3. The van der Waals surface area contributed by atoms with Gasteiger partial charge in [0.25, 0.3) is 5.91 Å². The lowest BCUT2D eigenvalue weighted by Gasteiger charge is -2.06. The standard InChI is InChI=1S/C18H17N3OS/c1-11-8-12(2)10-14(9-11)21-17(22)16-13(3)20-18(23-16)15-6-4-5-7-19-15/h4-10H,1-3H3,(H,21,22). The van der Waals surface area contributed by atoms with Crippen molar-refractivity contribution in [3.05, 3.63) is 64.3 Å². The Morgan fingerprint density at radius 2 is 1.83 bits per heavy atom. The molecule has 4 nitrogen and oxygen atoms in total. The van der Waals surface area contributed by atoms with Crippen LogP contribution < -0.4 is 5.32 Å². The monoisotopic (exact) mass is 323 g/mol. The maximum Gasteiger partial charge on any atom is 0.267 e. The second kappa shape index (κ2) is 6.30. The van der Waals surface area contributed by atoms with E-state index in [9.17, 15) is 4.79 Å². The summed E-state index contributed by atoms with van der Waals surface area (Å²) >= 11 is 1.36. The molecule has 0 saturated carbocycles. The number of pyridine rings is 1. The molecule has 1 N–H and O–H groups in total. The topological polar surface area (TPSA) is 54.9 Å². The summed E-state index contributed by atoms with van der Waals surface area (Å²) in [4.78, 5) is 21.9. The lowest BCUT2D eigenvalue weighted by atomic mass is 10.1. The number of aromatic nitrogens is 2. The molecule has 5 heteroatoms. The molecule has 1 amide bonds. The van der Waals surface area contributed by atoms with Gasteiger partial charge in [-0.05, 0) is 56.2 Å². The first-order valence-electron chi connectivity index (χ1n) is 7.31. The predicted octanol–water partition coefficient (Wildman–Crippen LogP) is 4.38. The van der Waals surface area contributed by atoms with Crippen LogP contribution >= 0.6 is 11.3 Å². The highest BCUT2D eigenvalue weighted by Crippen LogP contribution is 2.27. The van der Waals surface area contributed by atoms with Crippen molar-refractivity contribution in [2.45, 2.75) is 20.8 Å². The number of amides is 1. The van der Waals surface area contributed by atoms with Crippen LogP contribution in [0.4, 0.5) is 5.69 Å². The zero-order chi connectivity index (χ0) is 16.4. The number of hydrogen-bond acceptors (Lipinski definition) is 4. The number of nitrogens with one attached hydrogen (secondary N) is 1. The fourth-order valence-corrected chi connectivity index (χ4v) is 3.38. The Morgan fingerprint density at radius 3 is 2.48 bits per heavy atom. The van der Waals surface area contributed by atoms with E-state index in [1.54, 1.807) is 6.20 Å². The Bertz CT molecular complexity index is 836. The molecule has 0 radical (unpaired) electrons. The molecule has 2 aromatic heterocycles. The molecule has 116 valence electrons. The Labute approximate surface area is 139 Å². The van der Waals surface area contributed by atoms with Gasteiger partial charge in [0.2, 0.25) is 0 Å². The van der Waals surface area contributed by atoms with Gasteiger partial charge >= 0.3 is 0 Å². The van der Waals surface area contributed by atoms with Crippen molar-refractivity contribution < 1.29 is 4.79 Å². The van der Waals surface area contributed by atoms with Crippen LogP contribution in [0.1, 0.15) is 26.5 Å². The maximum atomic E-state index is 12.5. The van der Waals surface area contributed by atoms with Gasteiger partial charge in [0.15, 0.2) is 0 Å². The van der Waals surface area contributed by atoms with Gasteiger partial charge in [-0.1, -0.05) is 12.1 Å². The van der Waals surface area contributed by atoms with E-state index in [1.165, 1.54) is 11.3 Å². The first-order valence-corrected chi connectivity index (χ1v) is 8.13. The van der Waals surface area contributed by atoms with Gasteiger partial charge in [-0.25, -0.2) is 4.98 Å². The van der Waals surface area contributed by atoms with Crippen LogP contribution in [0.3, 0.4) is 0 Å². The largest absolute Gasteiger partial charge is 0.321 e. The van der Waals surface area contributed by atoms with Gasteiger partial charge in [0.05, 0.1) is 11.4 Å². The van der Waals surface area contributed by atoms with E-state index in [0.717, 1.165) is 33.2 Å². The maximum absolute atomic E-state index is 12.5. The molecular weight excluding hydrogens is 306 g/mol. The number of rotatable bonds is 3. The van der Waals surface area contributed by atoms with Crippen molar-refractivity contribution >= 4 is 22.9 Å². The lowest BCUT2D eigenvalue weighted by molar-refractivity contribution is 0.103. The average molecular weight is 323 g/mol. The van der Waals surface area contributed by atoms with Crippen molar-refractivity contribution in [2.24, 2.45) is 0 Å². The normalized spacial score (nSPS) is 10.6. The number of thiazole rings is 1. The van der Waals surface area contributed by atoms with Gasteiger partial charge in [-0.3, -0.25) is 9.78 Å². The van der Waals surface area contributed by atoms with Gasteiger partial charge in [-0.2, -0.15) is 0 Å². The van der Waals surface area contributed by atoms with Crippen LogP contribution in [0.2, 0.25) is 0 Å². The number of aryl methyl sites for hydroxylation is 3. The second-order valence-electron chi connectivity index (χ2n) is 5.48. The molecule has 23 heavy (non-hydrogen) atoms. The first kappa shape index (κ1) is 15.4. The van der Waals surface area contributed by atoms with Gasteiger partial charge in [-0.15, -0.1) is 11.3 Å². The minimum atomic E-state index is -0.132. The molecule has 0 unspecified atom stereocenters. The van der Waals surface area contributed by atoms with Gasteiger partial charge in [0.1, 0.15) is 9.88 Å². The minimum absolute atomic E-state index is 0.132. The minimum Gasteiger partial charge on any atom is -0.321 e. The smallest absolute Gasteiger partial charge is 0.267 e. The van der Waals surface area contributed by atoms with Crippen molar-refractivity contribution in [2.75, 3.05) is 5.32 Å². The Kier molecular flexibility index (Phi) is 4.21. The Hall–Kier alpha value is -2.53. The van der Waals surface area contributed by atoms with E-state index in [4.69, 9.17) is 0 Å². The summed E-state index contributed by atoms with van der Waals surface area (Å²) in [6.07, 6.45) is 1.72. The Morgan fingerprint density at radius 1 is 1.09 bits per heavy atom. The molecule has 0 aliphatic rings. The zero-order valence-corrected chi connectivity index (χ0v) is 14.1. The van der Waals surface area contributed by atoms with Gasteiger partial charge < -0.3 is 5.32 Å². The van der Waals surface area contributed by atoms with E-state index in [1.807, 2.05) is 51.1 Å². The van der Waals surface area contributed by atoms with Gasteiger partial charge in [0, 0.05) is 11.9 Å². The molecule has 0 aliphatic carbocycles. The summed E-state index contributed by atoms with van der Waals surface area (Å²) in [5.41, 5.74) is 4.55. The molecular formula is C18H17N3OS. The average Bonchev–Trinajstić information content (AvgIpc) is 2.89. The predicted molar refractivity (Wildman–Crippen MR) is 94.0 cm³/mol. The van der Waals surface area contributed by atoms with Crippen LogP contribution in [0.5, 0.6) is 0 Å². The van der Waals surface area contributed by atoms with E-state index in [-0.39, 0.29) is 5.91 Å². The molecule has 3 rings (SSSR count). The van der Waals surface area contributed by atoms with E-state index in [2.05, 4.69) is 21.4 Å². The number of nitrogens with zero attached hydrogens (tertiary/aromatic N) is 2. The third kappa shape index (κ3) is 3.46. The summed E-state index contributed by atoms with van der Waals surface area (Å²) in [5.74, 6) is -0.132. The second-order valence-corrected chi connectivity index (χ2v) is 6.48. The quantitative estimate of drug-likeness (QED) is 0.778. The highest BCUT2D eigenvalue weighted by Gasteiger charge is 2.17. The number of carbonyl (C=O) groups is 1. The SMILES string of the molecule is Cc1cc(C)cc(NC(=O)c2sc(-c3ccccn3)nc2C)c1. The molecule has 0 bridgehead atoms. The summed E-state index contributed by atoms with van der Waals surface area (Å²) in [5, 5.41) is 3.71. The number of anilines is 1. The van der Waals surface area contributed by atoms with Crippen LogP contribution in [0.25, 0.3) is 10.7 Å². The lowest BCUT2D eigenvalue weighted by Crippen LogP contribution is -2.11. The summed E-state index contributed by atoms with van der Waals surface area (Å²) in [7, 11) is 0. The third-order valence-electron chi connectivity index (χ3n) is 3.37. The molecule has 3 aromatic rings. The molecule has 0 spiro atoms. The summed E-state index contributed by atoms with van der Waals surface area (Å²) in [6, 6.07) is 11.7. The van der Waals surface area contributed by atoms with Crippen molar-refractivity contribution in [3.63, 3.8) is 0 Å². The van der Waals surface area contributed by atoms with Crippen molar-refractivity contribution in [3.8, 4) is 10.7 Å². The first-order chi connectivity index (χ1) is 11.0. The number of hydrogen-bond donors (Lipinski definition) is 1. The number of carbonyl (C=O) groups excluding carboxylic acids is 1. The van der Waals surface area contributed by atoms with Crippen LogP contribution in [-0.2, 0) is 0 Å². The highest BCUT2D eigenvalue weighted by molar-refractivity contribution is 7.17. The third-order valence-corrected chi connectivity index (χ3v) is 4.55. The van der Waals surface area contributed by atoms with Crippen molar-refractivity contribution in [1.82, 2.24) is 9.97 Å².